The third-order valence-corrected chi connectivity index (χ3v) is 6.35. The number of rotatable bonds is 6. The van der Waals surface area contributed by atoms with Crippen LogP contribution in [-0.2, 0) is 16.6 Å². The van der Waals surface area contributed by atoms with Crippen LogP contribution in [0.3, 0.4) is 0 Å². The van der Waals surface area contributed by atoms with E-state index >= 15 is 0 Å². The Labute approximate surface area is 134 Å². The smallest absolute Gasteiger partial charge is 0.252 e. The fourth-order valence-electron chi connectivity index (χ4n) is 1.79. The van der Waals surface area contributed by atoms with E-state index in [1.54, 1.807) is 13.1 Å². The second-order valence-corrected chi connectivity index (χ2v) is 8.38. The van der Waals surface area contributed by atoms with Gasteiger partial charge in [0.1, 0.15) is 9.96 Å². The first-order chi connectivity index (χ1) is 9.93. The number of hydrogen-bond acceptors (Lipinski definition) is 4. The van der Waals surface area contributed by atoms with E-state index in [9.17, 15) is 8.42 Å². The zero-order chi connectivity index (χ0) is 15.5. The molecular formula is C14H16ClNO3S2. The van der Waals surface area contributed by atoms with Crippen LogP contribution in [0.2, 0.25) is 4.34 Å². The van der Waals surface area contributed by atoms with Crippen LogP contribution in [-0.4, -0.2) is 26.4 Å². The molecule has 114 valence electrons. The molecule has 21 heavy (non-hydrogen) atoms. The van der Waals surface area contributed by atoms with Gasteiger partial charge in [-0.05, 0) is 36.8 Å². The molecule has 0 bridgehead atoms. The van der Waals surface area contributed by atoms with E-state index < -0.39 is 10.0 Å². The van der Waals surface area contributed by atoms with Crippen molar-refractivity contribution in [2.75, 3.05) is 13.7 Å². The molecule has 1 aromatic heterocycles. The molecule has 0 spiro atoms. The monoisotopic (exact) mass is 345 g/mol. The molecule has 1 heterocycles. The predicted molar refractivity (Wildman–Crippen MR) is 85.6 cm³/mol. The molecule has 0 N–H and O–H groups in total. The molecule has 0 fully saturated rings. The third kappa shape index (κ3) is 3.97. The van der Waals surface area contributed by atoms with Crippen LogP contribution >= 0.6 is 22.9 Å². The first kappa shape index (κ1) is 16.3. The molecule has 0 amide bonds. The van der Waals surface area contributed by atoms with E-state index in [0.717, 1.165) is 22.6 Å². The van der Waals surface area contributed by atoms with Gasteiger partial charge in [-0.15, -0.1) is 11.3 Å². The van der Waals surface area contributed by atoms with Crippen molar-refractivity contribution in [3.05, 3.63) is 46.3 Å². The van der Waals surface area contributed by atoms with E-state index in [4.69, 9.17) is 16.3 Å². The highest BCUT2D eigenvalue weighted by molar-refractivity contribution is 7.91. The Morgan fingerprint density at radius 1 is 1.19 bits per heavy atom. The van der Waals surface area contributed by atoms with Crippen LogP contribution in [0.15, 0.2) is 40.6 Å². The molecule has 4 nitrogen and oxygen atoms in total. The lowest BCUT2D eigenvalue weighted by atomic mass is 10.2. The molecule has 0 aliphatic heterocycles. The van der Waals surface area contributed by atoms with Crippen molar-refractivity contribution in [3.63, 3.8) is 0 Å². The van der Waals surface area contributed by atoms with Gasteiger partial charge in [0, 0.05) is 13.6 Å². The normalized spacial score (nSPS) is 11.8. The molecule has 2 aromatic rings. The Bertz CT molecular complexity index is 695. The number of nitrogens with zero attached hydrogens (tertiary/aromatic N) is 1. The summed E-state index contributed by atoms with van der Waals surface area (Å²) in [5.41, 5.74) is 0.896. The molecule has 2 rings (SSSR count). The molecule has 1 aromatic carbocycles. The highest BCUT2D eigenvalue weighted by atomic mass is 35.5. The zero-order valence-electron chi connectivity index (χ0n) is 11.7. The summed E-state index contributed by atoms with van der Waals surface area (Å²) in [5.74, 6) is 0.775. The van der Waals surface area contributed by atoms with Crippen molar-refractivity contribution in [2.45, 2.75) is 17.7 Å². The maximum Gasteiger partial charge on any atom is 0.252 e. The summed E-state index contributed by atoms with van der Waals surface area (Å²) in [6.07, 6.45) is 0. The lowest BCUT2D eigenvalue weighted by molar-refractivity contribution is 0.340. The first-order valence-corrected chi connectivity index (χ1v) is 9.00. The molecule has 0 aliphatic rings. The Morgan fingerprint density at radius 3 is 2.38 bits per heavy atom. The minimum Gasteiger partial charge on any atom is -0.494 e. The van der Waals surface area contributed by atoms with Crippen molar-refractivity contribution in [1.82, 2.24) is 4.31 Å². The van der Waals surface area contributed by atoms with E-state index in [1.807, 2.05) is 31.2 Å². The lowest BCUT2D eigenvalue weighted by Gasteiger charge is -2.16. The average Bonchev–Trinajstić information content (AvgIpc) is 2.88. The fraction of sp³-hybridized carbons (Fsp3) is 0.286. The average molecular weight is 346 g/mol. The Morgan fingerprint density at radius 2 is 1.86 bits per heavy atom. The quantitative estimate of drug-likeness (QED) is 0.803. The molecular weight excluding hydrogens is 330 g/mol. The summed E-state index contributed by atoms with van der Waals surface area (Å²) in [5, 5.41) is 0. The van der Waals surface area contributed by atoms with Crippen molar-refractivity contribution in [1.29, 1.82) is 0 Å². The SMILES string of the molecule is CCOc1ccc(CN(C)S(=O)(=O)c2ccc(Cl)s2)cc1. The van der Waals surface area contributed by atoms with Crippen LogP contribution in [0.4, 0.5) is 0 Å². The largest absolute Gasteiger partial charge is 0.494 e. The standard InChI is InChI=1S/C14H16ClNO3S2/c1-3-19-12-6-4-11(5-7-12)10-16(2)21(17,18)14-9-8-13(15)20-14/h4-9H,3,10H2,1-2H3. The third-order valence-electron chi connectivity index (χ3n) is 2.85. The molecule has 0 unspecified atom stereocenters. The van der Waals surface area contributed by atoms with E-state index in [2.05, 4.69) is 0 Å². The second-order valence-electron chi connectivity index (χ2n) is 4.40. The maximum absolute atomic E-state index is 12.4. The number of benzene rings is 1. The Balaban J connectivity index is 2.11. The van der Waals surface area contributed by atoms with Crippen LogP contribution < -0.4 is 4.74 Å². The van der Waals surface area contributed by atoms with Crippen molar-refractivity contribution >= 4 is 33.0 Å². The zero-order valence-corrected chi connectivity index (χ0v) is 14.1. The highest BCUT2D eigenvalue weighted by Gasteiger charge is 2.22. The van der Waals surface area contributed by atoms with Crippen LogP contribution in [0, 0.1) is 0 Å². The van der Waals surface area contributed by atoms with Gasteiger partial charge in [0.05, 0.1) is 10.9 Å². The molecule has 7 heteroatoms. The fourth-order valence-corrected chi connectivity index (χ4v) is 4.64. The molecule has 0 saturated carbocycles. The minimum atomic E-state index is -3.50. The number of thiophene rings is 1. The molecule has 0 aliphatic carbocycles. The summed E-state index contributed by atoms with van der Waals surface area (Å²) >= 11 is 6.86. The minimum absolute atomic E-state index is 0.251. The predicted octanol–water partition coefficient (Wildman–Crippen LogP) is 3.62. The van der Waals surface area contributed by atoms with Gasteiger partial charge in [-0.3, -0.25) is 0 Å². The molecule has 0 radical (unpaired) electrons. The van der Waals surface area contributed by atoms with Gasteiger partial charge >= 0.3 is 0 Å². The van der Waals surface area contributed by atoms with Crippen LogP contribution in [0.25, 0.3) is 0 Å². The van der Waals surface area contributed by atoms with Gasteiger partial charge in [0.2, 0.25) is 0 Å². The summed E-state index contributed by atoms with van der Waals surface area (Å²) in [7, 11) is -1.95. The Hall–Kier alpha value is -1.08. The number of ether oxygens (including phenoxy) is 1. The maximum atomic E-state index is 12.4. The lowest BCUT2D eigenvalue weighted by Crippen LogP contribution is -2.25. The molecule has 0 atom stereocenters. The van der Waals surface area contributed by atoms with Crippen molar-refractivity contribution < 1.29 is 13.2 Å². The van der Waals surface area contributed by atoms with Gasteiger partial charge < -0.3 is 4.74 Å². The summed E-state index contributed by atoms with van der Waals surface area (Å²) in [6.45, 7) is 2.82. The Kier molecular flexibility index (Phi) is 5.27. The van der Waals surface area contributed by atoms with Gasteiger partial charge in [-0.1, -0.05) is 23.7 Å². The van der Waals surface area contributed by atoms with Gasteiger partial charge in [0.25, 0.3) is 10.0 Å². The topological polar surface area (TPSA) is 46.6 Å². The van der Waals surface area contributed by atoms with Gasteiger partial charge in [-0.2, -0.15) is 4.31 Å². The van der Waals surface area contributed by atoms with Gasteiger partial charge in [-0.25, -0.2) is 8.42 Å². The van der Waals surface area contributed by atoms with Crippen LogP contribution in [0.5, 0.6) is 5.75 Å². The van der Waals surface area contributed by atoms with Crippen molar-refractivity contribution in [3.8, 4) is 5.75 Å². The highest BCUT2D eigenvalue weighted by Crippen LogP contribution is 2.28. The number of hydrogen-bond donors (Lipinski definition) is 0. The summed E-state index contributed by atoms with van der Waals surface area (Å²) < 4.78 is 32.1. The van der Waals surface area contributed by atoms with Crippen molar-refractivity contribution in [2.24, 2.45) is 0 Å². The summed E-state index contributed by atoms with van der Waals surface area (Å²) in [6, 6.07) is 10.5. The second kappa shape index (κ2) is 6.79. The number of halogens is 1. The van der Waals surface area contributed by atoms with E-state index in [0.29, 0.717) is 17.5 Å². The van der Waals surface area contributed by atoms with Gasteiger partial charge in [0.15, 0.2) is 0 Å². The first-order valence-electron chi connectivity index (χ1n) is 6.37. The number of sulfonamides is 1. The van der Waals surface area contributed by atoms with E-state index in [1.165, 1.54) is 10.4 Å². The van der Waals surface area contributed by atoms with E-state index in [-0.39, 0.29) is 4.21 Å². The summed E-state index contributed by atoms with van der Waals surface area (Å²) in [4.78, 5) is 0. The molecule has 0 saturated heterocycles. The van der Waals surface area contributed by atoms with Crippen LogP contribution in [0.1, 0.15) is 12.5 Å².